The van der Waals surface area contributed by atoms with Crippen LogP contribution in [0, 0.1) is 0 Å². The molecule has 0 aromatic rings. The largest absolute Gasteiger partial charge is 0.500 e. The molecule has 0 aromatic carbocycles. The minimum atomic E-state index is -2.68. The van der Waals surface area contributed by atoms with Crippen molar-refractivity contribution in [3.05, 3.63) is 0 Å². The molecular formula is C13H29NO6Si. The van der Waals surface area contributed by atoms with Crippen LogP contribution in [0.2, 0.25) is 6.04 Å². The Morgan fingerprint density at radius 3 is 2.00 bits per heavy atom. The van der Waals surface area contributed by atoms with Crippen molar-refractivity contribution in [2.75, 3.05) is 19.8 Å². The number of carboxylic acid groups (broad SMARTS) is 1. The van der Waals surface area contributed by atoms with E-state index in [0.29, 0.717) is 38.7 Å². The van der Waals surface area contributed by atoms with Gasteiger partial charge in [0.2, 0.25) is 0 Å². The molecule has 0 spiro atoms. The topological polar surface area (TPSA) is 97.3 Å². The van der Waals surface area contributed by atoms with Crippen molar-refractivity contribution >= 4 is 14.9 Å². The first kappa shape index (κ1) is 20.3. The highest BCUT2D eigenvalue weighted by Gasteiger charge is 2.39. The lowest BCUT2D eigenvalue weighted by molar-refractivity contribution is 0.0678. The summed E-state index contributed by atoms with van der Waals surface area (Å²) in [5, 5.41) is 20.8. The summed E-state index contributed by atoms with van der Waals surface area (Å²) in [5.74, 6) is 0. The molecule has 126 valence electrons. The molecule has 0 saturated heterocycles. The van der Waals surface area contributed by atoms with Crippen molar-refractivity contribution in [1.82, 2.24) is 5.32 Å². The standard InChI is InChI=1S/C13H29NO6Si/c1-5-18-21(19-6-2,20-7-3)10-8-9-12(15)11(4)14-13(16)17/h11-12,14-15H,5-10H2,1-4H3,(H,16,17). The van der Waals surface area contributed by atoms with Crippen molar-refractivity contribution < 1.29 is 28.3 Å². The van der Waals surface area contributed by atoms with Gasteiger partial charge in [0.25, 0.3) is 0 Å². The van der Waals surface area contributed by atoms with Gasteiger partial charge in [-0.05, 0) is 40.5 Å². The molecule has 0 rings (SSSR count). The number of nitrogens with one attached hydrogen (secondary N) is 1. The highest BCUT2D eigenvalue weighted by molar-refractivity contribution is 6.60. The zero-order valence-electron chi connectivity index (χ0n) is 13.4. The number of hydrogen-bond donors (Lipinski definition) is 3. The van der Waals surface area contributed by atoms with Crippen LogP contribution in [0.3, 0.4) is 0 Å². The third-order valence-electron chi connectivity index (χ3n) is 3.00. The van der Waals surface area contributed by atoms with E-state index in [1.165, 1.54) is 0 Å². The monoisotopic (exact) mass is 323 g/mol. The van der Waals surface area contributed by atoms with E-state index in [4.69, 9.17) is 18.4 Å². The average Bonchev–Trinajstić information content (AvgIpc) is 2.38. The van der Waals surface area contributed by atoms with Crippen LogP contribution in [0.5, 0.6) is 0 Å². The molecule has 21 heavy (non-hydrogen) atoms. The van der Waals surface area contributed by atoms with E-state index < -0.39 is 27.0 Å². The Bertz CT molecular complexity index is 275. The van der Waals surface area contributed by atoms with Gasteiger partial charge in [-0.1, -0.05) is 0 Å². The number of carbonyl (C=O) groups is 1. The summed E-state index contributed by atoms with van der Waals surface area (Å²) in [4.78, 5) is 10.5. The number of hydrogen-bond acceptors (Lipinski definition) is 5. The molecular weight excluding hydrogens is 294 g/mol. The van der Waals surface area contributed by atoms with Crippen LogP contribution in [0.25, 0.3) is 0 Å². The van der Waals surface area contributed by atoms with Crippen molar-refractivity contribution in [2.45, 2.75) is 58.7 Å². The fourth-order valence-corrected chi connectivity index (χ4v) is 4.71. The van der Waals surface area contributed by atoms with Gasteiger partial charge in [-0.25, -0.2) is 4.79 Å². The maximum Gasteiger partial charge on any atom is 0.500 e. The van der Waals surface area contributed by atoms with E-state index in [9.17, 15) is 9.90 Å². The van der Waals surface area contributed by atoms with Crippen LogP contribution in [-0.2, 0) is 13.3 Å². The molecule has 1 amide bonds. The Balaban J connectivity index is 4.37. The van der Waals surface area contributed by atoms with Gasteiger partial charge in [0.15, 0.2) is 0 Å². The highest BCUT2D eigenvalue weighted by Crippen LogP contribution is 2.20. The number of aliphatic hydroxyl groups is 1. The quantitative estimate of drug-likeness (QED) is 0.474. The second-order valence-electron chi connectivity index (χ2n) is 4.68. The maximum atomic E-state index is 10.5. The molecule has 0 fully saturated rings. The van der Waals surface area contributed by atoms with Gasteiger partial charge in [0.05, 0.1) is 12.1 Å². The number of rotatable bonds is 12. The van der Waals surface area contributed by atoms with Crippen LogP contribution in [-0.4, -0.2) is 57.1 Å². The lowest BCUT2D eigenvalue weighted by atomic mass is 10.1. The molecule has 0 aromatic heterocycles. The summed E-state index contributed by atoms with van der Waals surface area (Å²) in [6, 6.07) is 0.101. The first-order valence-electron chi connectivity index (χ1n) is 7.50. The van der Waals surface area contributed by atoms with Gasteiger partial charge in [-0.2, -0.15) is 0 Å². The Morgan fingerprint density at radius 2 is 1.62 bits per heavy atom. The first-order valence-corrected chi connectivity index (χ1v) is 9.43. The third kappa shape index (κ3) is 8.37. The molecule has 0 saturated carbocycles. The lowest BCUT2D eigenvalue weighted by Gasteiger charge is -2.29. The fraction of sp³-hybridized carbons (Fsp3) is 0.923. The Kier molecular flexibility index (Phi) is 10.6. The van der Waals surface area contributed by atoms with E-state index in [0.717, 1.165) is 0 Å². The smallest absolute Gasteiger partial charge is 0.465 e. The Morgan fingerprint density at radius 1 is 1.14 bits per heavy atom. The molecule has 0 bridgehead atoms. The van der Waals surface area contributed by atoms with E-state index in [2.05, 4.69) is 5.32 Å². The van der Waals surface area contributed by atoms with Crippen molar-refractivity contribution in [3.8, 4) is 0 Å². The molecule has 3 N–H and O–H groups in total. The maximum absolute atomic E-state index is 10.5. The van der Waals surface area contributed by atoms with Crippen LogP contribution < -0.4 is 5.32 Å². The fourth-order valence-electron chi connectivity index (χ4n) is 2.07. The van der Waals surface area contributed by atoms with Gasteiger partial charge in [-0.15, -0.1) is 0 Å². The third-order valence-corrected chi connectivity index (χ3v) is 6.16. The SMILES string of the molecule is CCO[Si](CCCC(O)C(C)NC(=O)O)(OCC)OCC. The molecule has 0 aliphatic heterocycles. The van der Waals surface area contributed by atoms with E-state index in [-0.39, 0.29) is 0 Å². The predicted molar refractivity (Wildman–Crippen MR) is 81.3 cm³/mol. The van der Waals surface area contributed by atoms with Gasteiger partial charge >= 0.3 is 14.9 Å². The van der Waals surface area contributed by atoms with Crippen molar-refractivity contribution in [2.24, 2.45) is 0 Å². The van der Waals surface area contributed by atoms with Crippen LogP contribution in [0.1, 0.15) is 40.5 Å². The molecule has 0 radical (unpaired) electrons. The summed E-state index contributed by atoms with van der Waals surface area (Å²) in [6.07, 6.45) is -0.761. The summed E-state index contributed by atoms with van der Waals surface area (Å²) < 4.78 is 17.2. The molecule has 8 heteroatoms. The molecule has 7 nitrogen and oxygen atoms in total. The van der Waals surface area contributed by atoms with Gasteiger partial charge in [-0.3, -0.25) is 0 Å². The Labute approximate surface area is 128 Å². The summed E-state index contributed by atoms with van der Waals surface area (Å²) in [7, 11) is -2.68. The van der Waals surface area contributed by atoms with Gasteiger partial charge in [0, 0.05) is 25.9 Å². The normalized spacial score (nSPS) is 14.7. The van der Waals surface area contributed by atoms with Crippen molar-refractivity contribution in [3.63, 3.8) is 0 Å². The molecule has 0 aliphatic rings. The molecule has 2 atom stereocenters. The number of aliphatic hydroxyl groups excluding tert-OH is 1. The van der Waals surface area contributed by atoms with Crippen LogP contribution >= 0.6 is 0 Å². The van der Waals surface area contributed by atoms with E-state index in [1.807, 2.05) is 20.8 Å². The Hall–Kier alpha value is -0.673. The van der Waals surface area contributed by atoms with Gasteiger partial charge in [0.1, 0.15) is 0 Å². The van der Waals surface area contributed by atoms with Crippen molar-refractivity contribution in [1.29, 1.82) is 0 Å². The first-order chi connectivity index (χ1) is 9.90. The summed E-state index contributed by atoms with van der Waals surface area (Å²) in [5.41, 5.74) is 0. The second kappa shape index (κ2) is 11.0. The summed E-state index contributed by atoms with van der Waals surface area (Å²) >= 11 is 0. The number of amides is 1. The van der Waals surface area contributed by atoms with Crippen LogP contribution in [0.15, 0.2) is 0 Å². The predicted octanol–water partition coefficient (Wildman–Crippen LogP) is 1.83. The summed E-state index contributed by atoms with van der Waals surface area (Å²) in [6.45, 7) is 8.88. The average molecular weight is 323 g/mol. The minimum absolute atomic E-state index is 0.462. The highest BCUT2D eigenvalue weighted by atomic mass is 28.4. The molecule has 2 unspecified atom stereocenters. The molecule has 0 heterocycles. The lowest BCUT2D eigenvalue weighted by Crippen LogP contribution is -2.46. The van der Waals surface area contributed by atoms with Gasteiger partial charge < -0.3 is 28.8 Å². The zero-order valence-corrected chi connectivity index (χ0v) is 14.4. The second-order valence-corrected chi connectivity index (χ2v) is 7.41. The van der Waals surface area contributed by atoms with E-state index >= 15 is 0 Å². The molecule has 0 aliphatic carbocycles. The van der Waals surface area contributed by atoms with Crippen LogP contribution in [0.4, 0.5) is 4.79 Å². The zero-order chi connectivity index (χ0) is 16.3. The van der Waals surface area contributed by atoms with E-state index in [1.54, 1.807) is 6.92 Å². The minimum Gasteiger partial charge on any atom is -0.465 e.